The number of carbonyl (C=O) groups is 12. The van der Waals surface area contributed by atoms with Crippen LogP contribution in [0.2, 0.25) is 0 Å². The molecule has 12 atom stereocenters. The molecule has 12 unspecified atom stereocenters. The lowest BCUT2D eigenvalue weighted by Crippen LogP contribution is -2.56. The predicted octanol–water partition coefficient (Wildman–Crippen LogP) is 2.10. The largest absolute Gasteiger partial charge is 0.451 e. The minimum Gasteiger partial charge on any atom is -0.451 e. The molecule has 1 aliphatic heterocycles. The molecule has 0 radical (unpaired) electrons. The van der Waals surface area contributed by atoms with Crippen molar-refractivity contribution in [1.29, 1.82) is 0 Å². The maximum Gasteiger partial charge on any atom is 0.329 e. The fourth-order valence-corrected chi connectivity index (χ4v) is 7.34. The number of hydrogen-bond donors (Lipinski definition) is 6. The Kier molecular flexibility index (Phi) is 27.8. The van der Waals surface area contributed by atoms with Crippen LogP contribution < -0.4 is 31.9 Å². The van der Waals surface area contributed by atoms with Crippen LogP contribution in [0.15, 0.2) is 0 Å². The van der Waals surface area contributed by atoms with Gasteiger partial charge in [-0.2, -0.15) is 0 Å². The van der Waals surface area contributed by atoms with E-state index in [1.165, 1.54) is 27.7 Å². The van der Waals surface area contributed by atoms with Crippen LogP contribution in [0.25, 0.3) is 0 Å². The first kappa shape index (κ1) is 68.7. The molecule has 1 heterocycles. The fourth-order valence-electron chi connectivity index (χ4n) is 7.34. The number of cyclic esters (lactones) is 6. The number of carbonyl (C=O) groups excluding carboxylic acids is 12. The Morgan fingerprint density at radius 1 is 0.286 bits per heavy atom. The summed E-state index contributed by atoms with van der Waals surface area (Å²) in [5, 5.41) is 15.1. The first-order valence-corrected chi connectivity index (χ1v) is 26.5. The van der Waals surface area contributed by atoms with E-state index in [-0.39, 0.29) is 6.42 Å². The molecule has 6 N–H and O–H groups in total. The SMILES string of the molecule is CCC1OC(=O)C(C(C)C)NC(=O)C(C)OC(=O)C(C(C)C)NC(=O)C(C(C)C)OC(=O)C(C(C)C)NC(=O)C(C)OC(=O)C(C(C)C)NC(=O)C(C(C)C)OC(=O)C(C(C)C)NC(=O)C(C)OC(=O)C(C(C)C)NC1=O. The molecule has 1 rings (SSSR count). The standard InChI is InChI=1S/C53H88N6O18/c1-21-33-45(63)57-34(22(2)3)48(66)72-31(19)43(61)55-38(26(10)11)52(70)76-41(29(16)17)47(65)59-36(24(6)7)50(68)74-32(20)44(62)56-39(27(12)13)53(71)77-40(28(14)15)46(64)58-35(23(4)5)49(67)73-30(18)42(60)54-37(25(8)9)51(69)75-33/h22-41H,21H2,1-20H3,(H,54,60)(H,55,61)(H,56,62)(H,57,63)(H,58,64)(H,59,65). The highest BCUT2D eigenvalue weighted by Gasteiger charge is 2.41. The number of nitrogens with one attached hydrogen (secondary N) is 6. The lowest BCUT2D eigenvalue weighted by Gasteiger charge is -2.30. The van der Waals surface area contributed by atoms with Crippen LogP contribution in [0, 0.1) is 47.3 Å². The molecule has 0 aromatic rings. The molecule has 0 aromatic heterocycles. The highest BCUT2D eigenvalue weighted by molar-refractivity contribution is 5.95. The van der Waals surface area contributed by atoms with E-state index in [2.05, 4.69) is 31.9 Å². The van der Waals surface area contributed by atoms with Crippen LogP contribution in [-0.4, -0.2) is 144 Å². The molecule has 6 amide bonds. The molecular weight excluding hydrogens is 1010 g/mol. The number of amides is 6. The van der Waals surface area contributed by atoms with E-state index in [1.54, 1.807) is 111 Å². The summed E-state index contributed by atoms with van der Waals surface area (Å²) in [4.78, 5) is 164. The van der Waals surface area contributed by atoms with Gasteiger partial charge in [-0.15, -0.1) is 0 Å². The average molecular weight is 1100 g/mol. The zero-order valence-electron chi connectivity index (χ0n) is 48.6. The van der Waals surface area contributed by atoms with Gasteiger partial charge in [0.05, 0.1) is 0 Å². The number of ether oxygens (including phenoxy) is 6. The molecule has 24 heteroatoms. The van der Waals surface area contributed by atoms with E-state index in [1.807, 2.05) is 0 Å². The molecule has 24 nitrogen and oxygen atoms in total. The summed E-state index contributed by atoms with van der Waals surface area (Å²) in [6.45, 7) is 30.5. The van der Waals surface area contributed by atoms with Crippen LogP contribution in [0.3, 0.4) is 0 Å². The third-order valence-electron chi connectivity index (χ3n) is 12.4. The van der Waals surface area contributed by atoms with Gasteiger partial charge in [0, 0.05) is 0 Å². The Balaban J connectivity index is 3.83. The van der Waals surface area contributed by atoms with Crippen LogP contribution >= 0.6 is 0 Å². The maximum absolute atomic E-state index is 13.8. The minimum absolute atomic E-state index is 0.0901. The Bertz CT molecular complexity index is 2080. The Hall–Kier alpha value is -6.36. The van der Waals surface area contributed by atoms with E-state index in [9.17, 15) is 57.5 Å². The van der Waals surface area contributed by atoms with Crippen LogP contribution in [0.4, 0.5) is 0 Å². The molecule has 1 aliphatic rings. The predicted molar refractivity (Wildman–Crippen MR) is 277 cm³/mol. The highest BCUT2D eigenvalue weighted by atomic mass is 16.6. The van der Waals surface area contributed by atoms with Crippen LogP contribution in [0.1, 0.15) is 145 Å². The molecule has 0 aromatic carbocycles. The second-order valence-corrected chi connectivity index (χ2v) is 22.2. The van der Waals surface area contributed by atoms with Gasteiger partial charge in [-0.25, -0.2) is 28.8 Å². The number of esters is 6. The van der Waals surface area contributed by atoms with Gasteiger partial charge < -0.3 is 60.3 Å². The molecule has 0 bridgehead atoms. The molecular formula is C53H88N6O18. The van der Waals surface area contributed by atoms with Crippen molar-refractivity contribution in [1.82, 2.24) is 31.9 Å². The summed E-state index contributed by atoms with van der Waals surface area (Å²) in [6.07, 6.45) is -9.29. The summed E-state index contributed by atoms with van der Waals surface area (Å²) in [7, 11) is 0. The fraction of sp³-hybridized carbons (Fsp3) is 0.774. The van der Waals surface area contributed by atoms with Gasteiger partial charge in [-0.3, -0.25) is 28.8 Å². The quantitative estimate of drug-likeness (QED) is 0.142. The monoisotopic (exact) mass is 1100 g/mol. The van der Waals surface area contributed by atoms with Gasteiger partial charge in [0.2, 0.25) is 0 Å². The van der Waals surface area contributed by atoms with Crippen molar-refractivity contribution in [2.24, 2.45) is 47.3 Å². The average Bonchev–Trinajstić information content (AvgIpc) is 3.31. The first-order chi connectivity index (χ1) is 35.5. The van der Waals surface area contributed by atoms with Crippen molar-refractivity contribution >= 4 is 71.3 Å². The zero-order chi connectivity index (χ0) is 59.7. The third-order valence-corrected chi connectivity index (χ3v) is 12.4. The van der Waals surface area contributed by atoms with Gasteiger partial charge in [-0.1, -0.05) is 118 Å². The van der Waals surface area contributed by atoms with Crippen LogP contribution in [0.5, 0.6) is 0 Å². The van der Waals surface area contributed by atoms with E-state index in [0.717, 1.165) is 0 Å². The summed E-state index contributed by atoms with van der Waals surface area (Å²) < 4.78 is 33.3. The van der Waals surface area contributed by atoms with Crippen molar-refractivity contribution < 1.29 is 86.0 Å². The lowest BCUT2D eigenvalue weighted by atomic mass is 10.0. The third kappa shape index (κ3) is 20.8. The molecule has 77 heavy (non-hydrogen) atoms. The van der Waals surface area contributed by atoms with Gasteiger partial charge in [-0.05, 0) is 74.5 Å². The second kappa shape index (κ2) is 31.1. The van der Waals surface area contributed by atoms with Gasteiger partial charge in [0.25, 0.3) is 35.4 Å². The summed E-state index contributed by atoms with van der Waals surface area (Å²) >= 11 is 0. The van der Waals surface area contributed by atoms with Crippen molar-refractivity contribution in [2.45, 2.75) is 218 Å². The topological polar surface area (TPSA) is 332 Å². The Labute approximate surface area is 453 Å². The Morgan fingerprint density at radius 2 is 0.481 bits per heavy atom. The van der Waals surface area contributed by atoms with Crippen molar-refractivity contribution in [2.75, 3.05) is 0 Å². The Morgan fingerprint density at radius 3 is 0.688 bits per heavy atom. The lowest BCUT2D eigenvalue weighted by molar-refractivity contribution is -0.167. The molecule has 0 spiro atoms. The number of hydrogen-bond acceptors (Lipinski definition) is 18. The zero-order valence-corrected chi connectivity index (χ0v) is 48.6. The van der Waals surface area contributed by atoms with Crippen molar-refractivity contribution in [3.8, 4) is 0 Å². The normalized spacial score (nSPS) is 29.0. The molecule has 0 aliphatic carbocycles. The van der Waals surface area contributed by atoms with Gasteiger partial charge in [0.15, 0.2) is 36.6 Å². The summed E-state index contributed by atoms with van der Waals surface area (Å²) in [6, 6.07) is -8.34. The van der Waals surface area contributed by atoms with Crippen molar-refractivity contribution in [3.05, 3.63) is 0 Å². The second-order valence-electron chi connectivity index (χ2n) is 22.2. The maximum atomic E-state index is 13.8. The molecule has 1 fully saturated rings. The van der Waals surface area contributed by atoms with E-state index < -0.39 is 191 Å². The van der Waals surface area contributed by atoms with Crippen molar-refractivity contribution in [3.63, 3.8) is 0 Å². The molecule has 0 saturated carbocycles. The summed E-state index contributed by atoms with van der Waals surface area (Å²) in [5.74, 6) is -17.1. The van der Waals surface area contributed by atoms with E-state index in [0.29, 0.717) is 0 Å². The summed E-state index contributed by atoms with van der Waals surface area (Å²) in [5.41, 5.74) is 0. The van der Waals surface area contributed by atoms with E-state index >= 15 is 0 Å². The van der Waals surface area contributed by atoms with Crippen LogP contribution in [-0.2, 0) is 86.0 Å². The number of rotatable bonds is 9. The molecule has 438 valence electrons. The highest BCUT2D eigenvalue weighted by Crippen LogP contribution is 2.19. The van der Waals surface area contributed by atoms with E-state index in [4.69, 9.17) is 28.4 Å². The van der Waals surface area contributed by atoms with Gasteiger partial charge >= 0.3 is 35.8 Å². The van der Waals surface area contributed by atoms with Gasteiger partial charge in [0.1, 0.15) is 36.3 Å². The minimum atomic E-state index is -1.55. The smallest absolute Gasteiger partial charge is 0.329 e. The molecule has 1 saturated heterocycles. The first-order valence-electron chi connectivity index (χ1n) is 26.5.